The zero-order valence-electron chi connectivity index (χ0n) is 20.4. The lowest BCUT2D eigenvalue weighted by Crippen LogP contribution is -2.51. The maximum atomic E-state index is 12.8. The molecule has 2 aromatic rings. The Hall–Kier alpha value is -3.11. The first-order valence-corrected chi connectivity index (χ1v) is 13.6. The summed E-state index contributed by atoms with van der Waals surface area (Å²) >= 11 is 1.44. The van der Waals surface area contributed by atoms with Crippen LogP contribution in [-0.4, -0.2) is 98.1 Å². The highest BCUT2D eigenvalue weighted by Gasteiger charge is 2.30. The highest BCUT2D eigenvalue weighted by atomic mass is 32.1. The van der Waals surface area contributed by atoms with Gasteiger partial charge in [-0.25, -0.2) is 4.79 Å². The van der Waals surface area contributed by atoms with Crippen molar-refractivity contribution in [2.45, 2.75) is 12.8 Å². The normalized spacial score (nSPS) is 19.3. The van der Waals surface area contributed by atoms with Crippen molar-refractivity contribution in [2.24, 2.45) is 5.92 Å². The van der Waals surface area contributed by atoms with Gasteiger partial charge < -0.3 is 29.7 Å². The fourth-order valence-corrected chi connectivity index (χ4v) is 5.74. The lowest BCUT2D eigenvalue weighted by atomic mass is 9.94. The third-order valence-electron chi connectivity index (χ3n) is 7.24. The molecule has 0 aliphatic carbocycles. The summed E-state index contributed by atoms with van der Waals surface area (Å²) in [6.07, 6.45) is 1.71. The van der Waals surface area contributed by atoms with Gasteiger partial charge in [-0.3, -0.25) is 9.59 Å². The summed E-state index contributed by atoms with van der Waals surface area (Å²) in [4.78, 5) is 46.6. The monoisotopic (exact) mass is 511 g/mol. The summed E-state index contributed by atoms with van der Waals surface area (Å²) in [5.41, 5.74) is 1.85. The predicted molar refractivity (Wildman–Crippen MR) is 140 cm³/mol. The Balaban J connectivity index is 1.07. The second kappa shape index (κ2) is 11.3. The minimum atomic E-state index is -0.145. The molecule has 192 valence electrons. The van der Waals surface area contributed by atoms with Crippen molar-refractivity contribution < 1.29 is 19.1 Å². The number of morpholine rings is 1. The van der Waals surface area contributed by atoms with Crippen LogP contribution in [0.1, 0.15) is 22.5 Å². The highest BCUT2D eigenvalue weighted by Crippen LogP contribution is 2.26. The van der Waals surface area contributed by atoms with E-state index in [4.69, 9.17) is 4.74 Å². The molecule has 36 heavy (non-hydrogen) atoms. The van der Waals surface area contributed by atoms with Gasteiger partial charge in [0.05, 0.1) is 18.1 Å². The number of piperazine rings is 1. The Morgan fingerprint density at radius 2 is 1.47 bits per heavy atom. The van der Waals surface area contributed by atoms with Crippen molar-refractivity contribution in [1.29, 1.82) is 0 Å². The van der Waals surface area contributed by atoms with Crippen LogP contribution in [0.15, 0.2) is 41.8 Å². The third-order valence-corrected chi connectivity index (χ3v) is 8.09. The zero-order valence-corrected chi connectivity index (χ0v) is 21.3. The van der Waals surface area contributed by atoms with Gasteiger partial charge in [-0.2, -0.15) is 0 Å². The van der Waals surface area contributed by atoms with E-state index in [2.05, 4.69) is 10.2 Å². The average Bonchev–Trinajstić information content (AvgIpc) is 3.49. The first-order chi connectivity index (χ1) is 17.6. The molecule has 1 aromatic heterocycles. The maximum absolute atomic E-state index is 12.8. The van der Waals surface area contributed by atoms with Gasteiger partial charge in [-0.05, 0) is 48.6 Å². The van der Waals surface area contributed by atoms with Gasteiger partial charge in [0.1, 0.15) is 0 Å². The van der Waals surface area contributed by atoms with Crippen LogP contribution in [-0.2, 0) is 9.53 Å². The summed E-state index contributed by atoms with van der Waals surface area (Å²) in [5.74, 6) is 0.404. The molecule has 0 atom stereocenters. The first kappa shape index (κ1) is 24.6. The van der Waals surface area contributed by atoms with E-state index in [-0.39, 0.29) is 23.8 Å². The minimum absolute atomic E-state index is 0.0372. The number of nitrogens with zero attached hydrogens (tertiary/aromatic N) is 4. The van der Waals surface area contributed by atoms with E-state index in [1.54, 1.807) is 4.90 Å². The number of hydrogen-bond acceptors (Lipinski definition) is 6. The number of anilines is 2. The summed E-state index contributed by atoms with van der Waals surface area (Å²) in [6, 6.07) is 11.5. The first-order valence-electron chi connectivity index (χ1n) is 12.7. The molecule has 3 saturated heterocycles. The molecule has 9 nitrogen and oxygen atoms in total. The number of ether oxygens (including phenoxy) is 1. The van der Waals surface area contributed by atoms with E-state index < -0.39 is 0 Å². The van der Waals surface area contributed by atoms with Crippen molar-refractivity contribution in [1.82, 2.24) is 14.7 Å². The number of nitrogens with one attached hydrogen (secondary N) is 1. The molecule has 0 spiro atoms. The lowest BCUT2D eigenvalue weighted by molar-refractivity contribution is -0.140. The van der Waals surface area contributed by atoms with Gasteiger partial charge in [-0.15, -0.1) is 11.3 Å². The van der Waals surface area contributed by atoms with Crippen molar-refractivity contribution in [3.05, 3.63) is 46.7 Å². The third kappa shape index (κ3) is 5.65. The van der Waals surface area contributed by atoms with Crippen LogP contribution < -0.4 is 10.2 Å². The van der Waals surface area contributed by atoms with Crippen molar-refractivity contribution >= 4 is 40.6 Å². The zero-order chi connectivity index (χ0) is 24.9. The van der Waals surface area contributed by atoms with Crippen LogP contribution in [0.5, 0.6) is 0 Å². The number of thiophene rings is 1. The van der Waals surface area contributed by atoms with Crippen molar-refractivity contribution in [3.63, 3.8) is 0 Å². The van der Waals surface area contributed by atoms with E-state index in [9.17, 15) is 14.4 Å². The average molecular weight is 512 g/mol. The van der Waals surface area contributed by atoms with Crippen molar-refractivity contribution in [2.75, 3.05) is 75.8 Å². The SMILES string of the molecule is O=C(Nc1ccc(N2CCC(C(=O)N3CCOCC3)CC2)cc1)N1CCN(C(=O)c2cccs2)CC1. The van der Waals surface area contributed by atoms with Gasteiger partial charge in [0.2, 0.25) is 5.91 Å². The quantitative estimate of drug-likeness (QED) is 0.683. The minimum Gasteiger partial charge on any atom is -0.378 e. The number of benzene rings is 1. The molecule has 3 fully saturated rings. The predicted octanol–water partition coefficient (Wildman–Crippen LogP) is 2.81. The van der Waals surface area contributed by atoms with Crippen LogP contribution in [0.3, 0.4) is 0 Å². The second-order valence-electron chi connectivity index (χ2n) is 9.43. The van der Waals surface area contributed by atoms with E-state index in [0.29, 0.717) is 52.5 Å². The summed E-state index contributed by atoms with van der Waals surface area (Å²) in [7, 11) is 0. The van der Waals surface area contributed by atoms with E-state index >= 15 is 0 Å². The number of hydrogen-bond donors (Lipinski definition) is 1. The van der Waals surface area contributed by atoms with Gasteiger partial charge in [0, 0.05) is 69.7 Å². The van der Waals surface area contributed by atoms with Gasteiger partial charge in [-0.1, -0.05) is 6.07 Å². The number of amides is 4. The molecule has 4 amide bonds. The molecule has 0 saturated carbocycles. The molecule has 3 aliphatic rings. The lowest BCUT2D eigenvalue weighted by Gasteiger charge is -2.36. The van der Waals surface area contributed by atoms with Crippen LogP contribution in [0.2, 0.25) is 0 Å². The summed E-state index contributed by atoms with van der Waals surface area (Å²) in [6.45, 7) is 6.47. The molecule has 4 heterocycles. The Morgan fingerprint density at radius 3 is 2.11 bits per heavy atom. The smallest absolute Gasteiger partial charge is 0.321 e. The summed E-state index contributed by atoms with van der Waals surface area (Å²) in [5, 5.41) is 4.88. The molecule has 1 aromatic carbocycles. The topological polar surface area (TPSA) is 85.4 Å². The number of rotatable bonds is 4. The Bertz CT molecular complexity index is 1040. The molecule has 3 aliphatic heterocycles. The Labute approximate surface area is 215 Å². The van der Waals surface area contributed by atoms with Gasteiger partial charge in [0.25, 0.3) is 5.91 Å². The molecule has 0 unspecified atom stereocenters. The molecule has 5 rings (SSSR count). The van der Waals surface area contributed by atoms with Crippen molar-refractivity contribution in [3.8, 4) is 0 Å². The fourth-order valence-electron chi connectivity index (χ4n) is 5.05. The Kier molecular flexibility index (Phi) is 7.72. The van der Waals surface area contributed by atoms with Crippen LogP contribution in [0.4, 0.5) is 16.2 Å². The van der Waals surface area contributed by atoms with E-state index in [1.165, 1.54) is 11.3 Å². The second-order valence-corrected chi connectivity index (χ2v) is 10.4. The van der Waals surface area contributed by atoms with Crippen LogP contribution in [0.25, 0.3) is 0 Å². The molecule has 0 radical (unpaired) electrons. The highest BCUT2D eigenvalue weighted by molar-refractivity contribution is 7.12. The van der Waals surface area contributed by atoms with Gasteiger partial charge in [0.15, 0.2) is 0 Å². The van der Waals surface area contributed by atoms with E-state index in [1.807, 2.05) is 51.6 Å². The molecular formula is C26H33N5O4S. The number of piperidine rings is 1. The van der Waals surface area contributed by atoms with E-state index in [0.717, 1.165) is 42.2 Å². The van der Waals surface area contributed by atoms with Gasteiger partial charge >= 0.3 is 6.03 Å². The number of carbonyl (C=O) groups excluding carboxylic acids is 3. The Morgan fingerprint density at radius 1 is 0.806 bits per heavy atom. The fraction of sp³-hybridized carbons (Fsp3) is 0.500. The molecular weight excluding hydrogens is 478 g/mol. The summed E-state index contributed by atoms with van der Waals surface area (Å²) < 4.78 is 5.36. The standard InChI is InChI=1S/C26H33N5O4S/c32-24(30-15-17-35-18-16-30)20-7-9-28(10-8-20)22-5-3-21(4-6-22)27-26(34)31-13-11-29(12-14-31)25(33)23-2-1-19-36-23/h1-6,19-20H,7-18H2,(H,27,34). The number of carbonyl (C=O) groups is 3. The maximum Gasteiger partial charge on any atom is 0.321 e. The molecule has 1 N–H and O–H groups in total. The largest absolute Gasteiger partial charge is 0.378 e. The molecule has 0 bridgehead atoms. The molecule has 10 heteroatoms. The van der Waals surface area contributed by atoms with Crippen LogP contribution >= 0.6 is 11.3 Å². The number of urea groups is 1. The van der Waals surface area contributed by atoms with Crippen LogP contribution in [0, 0.1) is 5.92 Å².